The number of aromatic nitrogens is 2. The van der Waals surface area contributed by atoms with Gasteiger partial charge in [-0.1, -0.05) is 0 Å². The SMILES string of the molecule is Cc1nn(C)c(C)c1CCC(=O)NC(C)(CN)C1CC1.Cl.Cl. The first-order valence-corrected chi connectivity index (χ1v) is 7.37. The van der Waals surface area contributed by atoms with Crippen LogP contribution in [0.3, 0.4) is 0 Å². The molecule has 0 saturated heterocycles. The second kappa shape index (κ2) is 8.18. The van der Waals surface area contributed by atoms with Crippen molar-refractivity contribution in [3.05, 3.63) is 17.0 Å². The topological polar surface area (TPSA) is 72.9 Å². The molecule has 5 nitrogen and oxygen atoms in total. The average Bonchev–Trinajstić information content (AvgIpc) is 3.19. The zero-order valence-corrected chi connectivity index (χ0v) is 15.4. The number of aryl methyl sites for hydroxylation is 2. The molecule has 128 valence electrons. The normalized spacial score (nSPS) is 16.2. The number of amides is 1. The highest BCUT2D eigenvalue weighted by molar-refractivity contribution is 5.85. The first-order valence-electron chi connectivity index (χ1n) is 7.37. The van der Waals surface area contributed by atoms with Gasteiger partial charge >= 0.3 is 0 Å². The fourth-order valence-electron chi connectivity index (χ4n) is 2.84. The molecular formula is C15H28Cl2N4O. The summed E-state index contributed by atoms with van der Waals surface area (Å²) in [5.74, 6) is 0.644. The molecule has 1 amide bonds. The van der Waals surface area contributed by atoms with Gasteiger partial charge in [0.1, 0.15) is 0 Å². The fourth-order valence-corrected chi connectivity index (χ4v) is 2.84. The van der Waals surface area contributed by atoms with Gasteiger partial charge < -0.3 is 11.1 Å². The Morgan fingerprint density at radius 2 is 2.00 bits per heavy atom. The Morgan fingerprint density at radius 3 is 2.41 bits per heavy atom. The van der Waals surface area contributed by atoms with Crippen LogP contribution in [-0.4, -0.2) is 27.8 Å². The Labute approximate surface area is 145 Å². The Bertz CT molecular complexity index is 514. The summed E-state index contributed by atoms with van der Waals surface area (Å²) in [4.78, 5) is 12.2. The molecule has 1 aromatic heterocycles. The molecule has 1 saturated carbocycles. The summed E-state index contributed by atoms with van der Waals surface area (Å²) in [5.41, 5.74) is 8.94. The zero-order chi connectivity index (χ0) is 14.9. The summed E-state index contributed by atoms with van der Waals surface area (Å²) in [6, 6.07) is 0. The number of hydrogen-bond donors (Lipinski definition) is 2. The van der Waals surface area contributed by atoms with Crippen molar-refractivity contribution < 1.29 is 4.79 Å². The van der Waals surface area contributed by atoms with Gasteiger partial charge in [-0.2, -0.15) is 5.10 Å². The minimum atomic E-state index is -0.226. The monoisotopic (exact) mass is 350 g/mol. The van der Waals surface area contributed by atoms with Crippen LogP contribution in [0.2, 0.25) is 0 Å². The van der Waals surface area contributed by atoms with Crippen molar-refractivity contribution in [3.8, 4) is 0 Å². The summed E-state index contributed by atoms with van der Waals surface area (Å²) in [6.45, 7) is 6.60. The van der Waals surface area contributed by atoms with Gasteiger partial charge in [-0.25, -0.2) is 0 Å². The number of rotatable bonds is 6. The third kappa shape index (κ3) is 4.61. The van der Waals surface area contributed by atoms with Crippen LogP contribution in [0, 0.1) is 19.8 Å². The minimum Gasteiger partial charge on any atom is -0.349 e. The van der Waals surface area contributed by atoms with Crippen LogP contribution < -0.4 is 11.1 Å². The van der Waals surface area contributed by atoms with Gasteiger partial charge in [0.2, 0.25) is 5.91 Å². The molecule has 2 rings (SSSR count). The molecule has 0 radical (unpaired) electrons. The summed E-state index contributed by atoms with van der Waals surface area (Å²) >= 11 is 0. The van der Waals surface area contributed by atoms with Crippen molar-refractivity contribution in [1.29, 1.82) is 0 Å². The number of carbonyl (C=O) groups excluding carboxylic acids is 1. The molecule has 1 heterocycles. The molecule has 1 fully saturated rings. The van der Waals surface area contributed by atoms with Gasteiger partial charge in [0.05, 0.1) is 11.2 Å². The van der Waals surface area contributed by atoms with Crippen molar-refractivity contribution >= 4 is 30.7 Å². The maximum atomic E-state index is 12.2. The summed E-state index contributed by atoms with van der Waals surface area (Å²) < 4.78 is 1.87. The first kappa shape index (κ1) is 21.2. The second-order valence-corrected chi connectivity index (χ2v) is 6.22. The van der Waals surface area contributed by atoms with E-state index in [0.29, 0.717) is 18.9 Å². The Hall–Kier alpha value is -0.780. The standard InChI is InChI=1S/C15H26N4O.2ClH/c1-10-13(11(2)19(4)18-10)7-8-14(20)17-15(3,9-16)12-5-6-12;;/h12H,5-9,16H2,1-4H3,(H,17,20);2*1H. The number of nitrogens with one attached hydrogen (secondary N) is 1. The van der Waals surface area contributed by atoms with E-state index in [9.17, 15) is 4.79 Å². The molecule has 1 atom stereocenters. The minimum absolute atomic E-state index is 0. The van der Waals surface area contributed by atoms with Gasteiger partial charge in [0.25, 0.3) is 0 Å². The highest BCUT2D eigenvalue weighted by atomic mass is 35.5. The molecule has 1 aliphatic carbocycles. The van der Waals surface area contributed by atoms with Gasteiger partial charge in [-0.3, -0.25) is 9.48 Å². The predicted molar refractivity (Wildman–Crippen MR) is 93.8 cm³/mol. The van der Waals surface area contributed by atoms with Gasteiger partial charge in [-0.05, 0) is 51.5 Å². The molecule has 0 aromatic carbocycles. The average molecular weight is 351 g/mol. The van der Waals surface area contributed by atoms with E-state index in [1.54, 1.807) is 0 Å². The van der Waals surface area contributed by atoms with E-state index in [1.807, 2.05) is 25.6 Å². The van der Waals surface area contributed by atoms with Crippen LogP contribution in [0.25, 0.3) is 0 Å². The summed E-state index contributed by atoms with van der Waals surface area (Å²) in [7, 11) is 1.94. The quantitative estimate of drug-likeness (QED) is 0.824. The Balaban J connectivity index is 0.00000220. The molecule has 1 aliphatic rings. The number of nitrogens with zero attached hydrogens (tertiary/aromatic N) is 2. The lowest BCUT2D eigenvalue weighted by atomic mass is 9.95. The number of carbonyl (C=O) groups is 1. The molecular weight excluding hydrogens is 323 g/mol. The van der Waals surface area contributed by atoms with E-state index >= 15 is 0 Å². The molecule has 1 aromatic rings. The third-order valence-electron chi connectivity index (χ3n) is 4.59. The molecule has 3 N–H and O–H groups in total. The van der Waals surface area contributed by atoms with Crippen molar-refractivity contribution in [2.45, 2.75) is 52.0 Å². The van der Waals surface area contributed by atoms with E-state index < -0.39 is 0 Å². The lowest BCUT2D eigenvalue weighted by molar-refractivity contribution is -0.123. The Kier molecular flexibility index (Phi) is 7.89. The number of hydrogen-bond acceptors (Lipinski definition) is 3. The molecule has 0 spiro atoms. The molecule has 0 bridgehead atoms. The summed E-state index contributed by atoms with van der Waals surface area (Å²) in [6.07, 6.45) is 3.59. The second-order valence-electron chi connectivity index (χ2n) is 6.22. The lowest BCUT2D eigenvalue weighted by Crippen LogP contribution is -2.53. The van der Waals surface area contributed by atoms with Crippen LogP contribution in [-0.2, 0) is 18.3 Å². The van der Waals surface area contributed by atoms with Crippen molar-refractivity contribution in [1.82, 2.24) is 15.1 Å². The Morgan fingerprint density at radius 1 is 1.41 bits per heavy atom. The highest BCUT2D eigenvalue weighted by Gasteiger charge is 2.41. The van der Waals surface area contributed by atoms with Crippen LogP contribution in [0.4, 0.5) is 0 Å². The smallest absolute Gasteiger partial charge is 0.220 e. The maximum absolute atomic E-state index is 12.2. The van der Waals surface area contributed by atoms with E-state index in [1.165, 1.54) is 18.4 Å². The molecule has 7 heteroatoms. The van der Waals surface area contributed by atoms with E-state index in [4.69, 9.17) is 5.73 Å². The fraction of sp³-hybridized carbons (Fsp3) is 0.733. The van der Waals surface area contributed by atoms with E-state index in [0.717, 1.165) is 17.8 Å². The van der Waals surface area contributed by atoms with Crippen molar-refractivity contribution in [2.75, 3.05) is 6.54 Å². The van der Waals surface area contributed by atoms with Crippen LogP contribution in [0.5, 0.6) is 0 Å². The van der Waals surface area contributed by atoms with E-state index in [2.05, 4.69) is 17.3 Å². The van der Waals surface area contributed by atoms with Crippen LogP contribution >= 0.6 is 24.8 Å². The first-order chi connectivity index (χ1) is 9.37. The number of halogens is 2. The molecule has 0 aliphatic heterocycles. The van der Waals surface area contributed by atoms with Crippen molar-refractivity contribution in [3.63, 3.8) is 0 Å². The van der Waals surface area contributed by atoms with Gasteiger partial charge in [0.15, 0.2) is 0 Å². The lowest BCUT2D eigenvalue weighted by Gasteiger charge is -2.29. The maximum Gasteiger partial charge on any atom is 0.220 e. The van der Waals surface area contributed by atoms with Gasteiger partial charge in [0, 0.05) is 25.7 Å². The van der Waals surface area contributed by atoms with Crippen LogP contribution in [0.1, 0.15) is 43.1 Å². The molecule has 1 unspecified atom stereocenters. The third-order valence-corrected chi connectivity index (χ3v) is 4.59. The predicted octanol–water partition coefficient (Wildman–Crippen LogP) is 2.06. The zero-order valence-electron chi connectivity index (χ0n) is 13.8. The number of nitrogens with two attached hydrogens (primary N) is 1. The van der Waals surface area contributed by atoms with E-state index in [-0.39, 0.29) is 36.3 Å². The summed E-state index contributed by atoms with van der Waals surface area (Å²) in [5, 5.41) is 7.51. The van der Waals surface area contributed by atoms with Gasteiger partial charge in [-0.15, -0.1) is 24.8 Å². The largest absolute Gasteiger partial charge is 0.349 e. The highest BCUT2D eigenvalue weighted by Crippen LogP contribution is 2.39. The molecule has 22 heavy (non-hydrogen) atoms. The van der Waals surface area contributed by atoms with Crippen LogP contribution in [0.15, 0.2) is 0 Å². The van der Waals surface area contributed by atoms with Crippen molar-refractivity contribution in [2.24, 2.45) is 18.7 Å².